The van der Waals surface area contributed by atoms with Gasteiger partial charge in [0.15, 0.2) is 0 Å². The highest BCUT2D eigenvalue weighted by atomic mass is 19.1. The van der Waals surface area contributed by atoms with E-state index in [0.29, 0.717) is 6.42 Å². The number of rotatable bonds is 5. The highest BCUT2D eigenvalue weighted by molar-refractivity contribution is 5.70. The Bertz CT molecular complexity index is 363. The number of carboxylic acid groups (broad SMARTS) is 1. The van der Waals surface area contributed by atoms with Crippen LogP contribution in [0, 0.1) is 17.7 Å². The molecular weight excluding hydrogens is 207 g/mol. The summed E-state index contributed by atoms with van der Waals surface area (Å²) in [6, 6.07) is 6.14. The molecule has 2 nitrogen and oxygen atoms in total. The molecule has 3 heteroatoms. The number of carbonyl (C=O) groups is 1. The van der Waals surface area contributed by atoms with E-state index in [1.807, 2.05) is 13.8 Å². The van der Waals surface area contributed by atoms with Gasteiger partial charge in [-0.05, 0) is 30.0 Å². The van der Waals surface area contributed by atoms with Crippen LogP contribution in [0.5, 0.6) is 0 Å². The fraction of sp³-hybridized carbons (Fsp3) is 0.462. The van der Waals surface area contributed by atoms with Crippen LogP contribution in [0.1, 0.15) is 25.8 Å². The lowest BCUT2D eigenvalue weighted by atomic mass is 9.86. The zero-order valence-corrected chi connectivity index (χ0v) is 9.61. The van der Waals surface area contributed by atoms with E-state index in [1.54, 1.807) is 12.1 Å². The molecule has 1 aromatic rings. The first-order chi connectivity index (χ1) is 7.54. The maximum atomic E-state index is 13.0. The molecule has 1 rings (SSSR count). The number of benzene rings is 1. The number of halogens is 1. The van der Waals surface area contributed by atoms with E-state index in [9.17, 15) is 9.18 Å². The minimum Gasteiger partial charge on any atom is -0.481 e. The maximum Gasteiger partial charge on any atom is 0.307 e. The van der Waals surface area contributed by atoms with Crippen molar-refractivity contribution in [2.45, 2.75) is 26.7 Å². The first-order valence-corrected chi connectivity index (χ1v) is 5.51. The molecule has 16 heavy (non-hydrogen) atoms. The summed E-state index contributed by atoms with van der Waals surface area (Å²) in [5, 5.41) is 9.11. The maximum absolute atomic E-state index is 13.0. The Morgan fingerprint density at radius 2 is 2.19 bits per heavy atom. The quantitative estimate of drug-likeness (QED) is 0.834. The fourth-order valence-corrected chi connectivity index (χ4v) is 1.73. The third kappa shape index (κ3) is 3.33. The lowest BCUT2D eigenvalue weighted by Crippen LogP contribution is -2.23. The molecule has 0 aromatic heterocycles. The van der Waals surface area contributed by atoms with Crippen molar-refractivity contribution in [2.24, 2.45) is 11.8 Å². The third-order valence-corrected chi connectivity index (χ3v) is 2.99. The van der Waals surface area contributed by atoms with Gasteiger partial charge in [0.1, 0.15) is 5.82 Å². The van der Waals surface area contributed by atoms with Crippen molar-refractivity contribution in [3.05, 3.63) is 35.6 Å². The average molecular weight is 224 g/mol. The molecule has 0 bridgehead atoms. The molecule has 0 aliphatic rings. The van der Waals surface area contributed by atoms with Gasteiger partial charge in [0.25, 0.3) is 0 Å². The molecule has 0 aliphatic heterocycles. The fourth-order valence-electron chi connectivity index (χ4n) is 1.73. The number of hydrogen-bond acceptors (Lipinski definition) is 1. The highest BCUT2D eigenvalue weighted by Crippen LogP contribution is 2.21. The Hall–Kier alpha value is -1.38. The van der Waals surface area contributed by atoms with Crippen molar-refractivity contribution in [3.8, 4) is 0 Å². The van der Waals surface area contributed by atoms with Crippen LogP contribution in [0.25, 0.3) is 0 Å². The highest BCUT2D eigenvalue weighted by Gasteiger charge is 2.23. The number of hydrogen-bond donors (Lipinski definition) is 1. The summed E-state index contributed by atoms with van der Waals surface area (Å²) < 4.78 is 13.0. The summed E-state index contributed by atoms with van der Waals surface area (Å²) in [6.45, 7) is 3.88. The Balaban J connectivity index is 2.79. The van der Waals surface area contributed by atoms with Gasteiger partial charge in [0.2, 0.25) is 0 Å². The summed E-state index contributed by atoms with van der Waals surface area (Å²) in [5.41, 5.74) is 0.743. The molecule has 2 atom stereocenters. The molecule has 0 aliphatic carbocycles. The summed E-state index contributed by atoms with van der Waals surface area (Å²) in [4.78, 5) is 11.1. The molecule has 0 fully saturated rings. The predicted octanol–water partition coefficient (Wildman–Crippen LogP) is 3.12. The third-order valence-electron chi connectivity index (χ3n) is 2.99. The molecule has 0 saturated heterocycles. The van der Waals surface area contributed by atoms with Crippen LogP contribution in [-0.4, -0.2) is 11.1 Å². The van der Waals surface area contributed by atoms with E-state index < -0.39 is 11.9 Å². The molecule has 0 spiro atoms. The number of aliphatic carboxylic acids is 1. The summed E-state index contributed by atoms with van der Waals surface area (Å²) in [7, 11) is 0. The Morgan fingerprint density at radius 3 is 2.69 bits per heavy atom. The molecule has 1 N–H and O–H groups in total. The van der Waals surface area contributed by atoms with Gasteiger partial charge in [-0.2, -0.15) is 0 Å². The topological polar surface area (TPSA) is 37.3 Å². The zero-order valence-electron chi connectivity index (χ0n) is 9.61. The Kier molecular flexibility index (Phi) is 4.47. The van der Waals surface area contributed by atoms with Gasteiger partial charge in [0.05, 0.1) is 5.92 Å². The van der Waals surface area contributed by atoms with Crippen LogP contribution in [0.4, 0.5) is 4.39 Å². The van der Waals surface area contributed by atoms with Crippen molar-refractivity contribution in [2.75, 3.05) is 0 Å². The smallest absolute Gasteiger partial charge is 0.307 e. The second-order valence-corrected chi connectivity index (χ2v) is 4.16. The van der Waals surface area contributed by atoms with Crippen LogP contribution in [-0.2, 0) is 11.2 Å². The second kappa shape index (κ2) is 5.64. The van der Waals surface area contributed by atoms with Crippen molar-refractivity contribution in [1.29, 1.82) is 0 Å². The summed E-state index contributed by atoms with van der Waals surface area (Å²) in [6.07, 6.45) is 1.20. The monoisotopic (exact) mass is 224 g/mol. The van der Waals surface area contributed by atoms with E-state index in [-0.39, 0.29) is 11.7 Å². The molecule has 1 aromatic carbocycles. The van der Waals surface area contributed by atoms with Crippen LogP contribution < -0.4 is 0 Å². The van der Waals surface area contributed by atoms with Gasteiger partial charge >= 0.3 is 5.97 Å². The summed E-state index contributed by atoms with van der Waals surface area (Å²) in [5.74, 6) is -1.46. The van der Waals surface area contributed by atoms with E-state index in [2.05, 4.69) is 0 Å². The Morgan fingerprint density at radius 1 is 1.50 bits per heavy atom. The molecular formula is C13H17FO2. The van der Waals surface area contributed by atoms with E-state index in [4.69, 9.17) is 5.11 Å². The van der Waals surface area contributed by atoms with Crippen molar-refractivity contribution in [3.63, 3.8) is 0 Å². The first-order valence-electron chi connectivity index (χ1n) is 5.51. The largest absolute Gasteiger partial charge is 0.481 e. The van der Waals surface area contributed by atoms with Crippen molar-refractivity contribution >= 4 is 5.97 Å². The predicted molar refractivity (Wildman–Crippen MR) is 60.7 cm³/mol. The lowest BCUT2D eigenvalue weighted by Gasteiger charge is -2.18. The molecule has 88 valence electrons. The number of carboxylic acids is 1. The molecule has 0 radical (unpaired) electrons. The van der Waals surface area contributed by atoms with Gasteiger partial charge in [-0.1, -0.05) is 32.4 Å². The van der Waals surface area contributed by atoms with E-state index in [1.165, 1.54) is 12.1 Å². The van der Waals surface area contributed by atoms with Gasteiger partial charge in [-0.3, -0.25) is 4.79 Å². The van der Waals surface area contributed by atoms with Crippen molar-refractivity contribution in [1.82, 2.24) is 0 Å². The van der Waals surface area contributed by atoms with Gasteiger partial charge in [-0.25, -0.2) is 4.39 Å². The molecule has 0 saturated carbocycles. The minimum absolute atomic E-state index is 0.0979. The van der Waals surface area contributed by atoms with Gasteiger partial charge in [0, 0.05) is 0 Å². The molecule has 0 amide bonds. The molecule has 2 unspecified atom stereocenters. The Labute approximate surface area is 95.1 Å². The van der Waals surface area contributed by atoms with Crippen molar-refractivity contribution < 1.29 is 14.3 Å². The van der Waals surface area contributed by atoms with Gasteiger partial charge < -0.3 is 5.11 Å². The normalized spacial score (nSPS) is 14.4. The molecule has 0 heterocycles. The van der Waals surface area contributed by atoms with Crippen LogP contribution in [0.3, 0.4) is 0 Å². The summed E-state index contributed by atoms with van der Waals surface area (Å²) >= 11 is 0. The van der Waals surface area contributed by atoms with E-state index in [0.717, 1.165) is 12.0 Å². The van der Waals surface area contributed by atoms with Crippen LogP contribution >= 0.6 is 0 Å². The SMILES string of the molecule is CCC(C)C(Cc1cccc(F)c1)C(=O)O. The standard InChI is InChI=1S/C13H17FO2/c1-3-9(2)12(13(15)16)8-10-5-4-6-11(14)7-10/h4-7,9,12H,3,8H2,1-2H3,(H,15,16). The second-order valence-electron chi connectivity index (χ2n) is 4.16. The minimum atomic E-state index is -0.807. The van der Waals surface area contributed by atoms with Gasteiger partial charge in [-0.15, -0.1) is 0 Å². The zero-order chi connectivity index (χ0) is 12.1. The van der Waals surface area contributed by atoms with E-state index >= 15 is 0 Å². The average Bonchev–Trinajstić information content (AvgIpc) is 2.24. The van der Waals surface area contributed by atoms with Crippen LogP contribution in [0.2, 0.25) is 0 Å². The van der Waals surface area contributed by atoms with Crippen LogP contribution in [0.15, 0.2) is 24.3 Å². The first kappa shape index (κ1) is 12.7. The lowest BCUT2D eigenvalue weighted by molar-refractivity contribution is -0.143.